The van der Waals surface area contributed by atoms with Crippen molar-refractivity contribution in [2.75, 3.05) is 32.1 Å². The molecule has 0 saturated heterocycles. The van der Waals surface area contributed by atoms with E-state index in [-0.39, 0.29) is 24.8 Å². The molecule has 3 aromatic rings. The first kappa shape index (κ1) is 30.4. The van der Waals surface area contributed by atoms with Crippen LogP contribution in [-0.2, 0) is 17.8 Å². The van der Waals surface area contributed by atoms with Gasteiger partial charge in [0.05, 0.1) is 5.52 Å². The molecule has 6 nitrogen and oxygen atoms in total. The van der Waals surface area contributed by atoms with E-state index in [1.54, 1.807) is 0 Å². The number of benzene rings is 2. The van der Waals surface area contributed by atoms with E-state index in [0.29, 0.717) is 11.1 Å². The van der Waals surface area contributed by atoms with Crippen LogP contribution in [0, 0.1) is 0 Å². The summed E-state index contributed by atoms with van der Waals surface area (Å²) in [6, 6.07) is 13.9. The lowest BCUT2D eigenvalue weighted by atomic mass is 9.99. The number of hydrogen-bond donors (Lipinski definition) is 2. The van der Waals surface area contributed by atoms with Crippen LogP contribution in [0.2, 0.25) is 0 Å². The van der Waals surface area contributed by atoms with Gasteiger partial charge in [-0.25, -0.2) is 0 Å². The number of ketones is 1. The SMILES string of the molecule is CCCCN(CCCC)C(=O)Cn1cc(C(=O)c2ccc(CCCCCCCO)cc2)c2ccc(NC)cc21. The molecule has 0 aliphatic carbocycles. The number of nitrogens with one attached hydrogen (secondary N) is 1. The van der Waals surface area contributed by atoms with Crippen LogP contribution in [0.5, 0.6) is 0 Å². The Morgan fingerprint density at radius 2 is 1.54 bits per heavy atom. The van der Waals surface area contributed by atoms with E-state index < -0.39 is 0 Å². The number of carbonyl (C=O) groups is 2. The van der Waals surface area contributed by atoms with Crippen LogP contribution in [-0.4, -0.2) is 53.0 Å². The van der Waals surface area contributed by atoms with Crippen molar-refractivity contribution in [3.05, 3.63) is 65.4 Å². The van der Waals surface area contributed by atoms with Crippen LogP contribution in [0.4, 0.5) is 5.69 Å². The minimum absolute atomic E-state index is 0.0206. The molecule has 0 radical (unpaired) electrons. The van der Waals surface area contributed by atoms with Gasteiger partial charge in [0.15, 0.2) is 5.78 Å². The predicted molar refractivity (Wildman–Crippen MR) is 162 cm³/mol. The molecule has 0 fully saturated rings. The maximum Gasteiger partial charge on any atom is 0.242 e. The second-order valence-corrected chi connectivity index (χ2v) is 10.5. The van der Waals surface area contributed by atoms with Crippen molar-refractivity contribution >= 4 is 28.3 Å². The molecule has 0 bridgehead atoms. The van der Waals surface area contributed by atoms with Crippen molar-refractivity contribution in [1.82, 2.24) is 9.47 Å². The third-order valence-corrected chi connectivity index (χ3v) is 7.48. The van der Waals surface area contributed by atoms with Crippen LogP contribution in [0.3, 0.4) is 0 Å². The molecule has 1 heterocycles. The lowest BCUT2D eigenvalue weighted by molar-refractivity contribution is -0.131. The van der Waals surface area contributed by atoms with Gasteiger partial charge in [0.25, 0.3) is 0 Å². The van der Waals surface area contributed by atoms with Gasteiger partial charge in [-0.2, -0.15) is 0 Å². The van der Waals surface area contributed by atoms with E-state index >= 15 is 0 Å². The molecule has 0 aliphatic rings. The highest BCUT2D eigenvalue weighted by molar-refractivity contribution is 6.16. The molecule has 0 aliphatic heterocycles. The summed E-state index contributed by atoms with van der Waals surface area (Å²) in [5.74, 6) is 0.0798. The third-order valence-electron chi connectivity index (χ3n) is 7.48. The predicted octanol–water partition coefficient (Wildman–Crippen LogP) is 6.83. The number of aromatic nitrogens is 1. The lowest BCUT2D eigenvalue weighted by Crippen LogP contribution is -2.35. The number of rotatable bonds is 18. The molecule has 1 aromatic heterocycles. The Kier molecular flexibility index (Phi) is 12.6. The summed E-state index contributed by atoms with van der Waals surface area (Å²) in [4.78, 5) is 29.0. The molecule has 2 N–H and O–H groups in total. The monoisotopic (exact) mass is 533 g/mol. The Labute approximate surface area is 234 Å². The highest BCUT2D eigenvalue weighted by atomic mass is 16.3. The molecule has 2 aromatic carbocycles. The smallest absolute Gasteiger partial charge is 0.242 e. The van der Waals surface area contributed by atoms with E-state index in [4.69, 9.17) is 5.11 Å². The quantitative estimate of drug-likeness (QED) is 0.139. The molecule has 0 unspecified atom stereocenters. The number of unbranched alkanes of at least 4 members (excludes halogenated alkanes) is 6. The van der Waals surface area contributed by atoms with Gasteiger partial charge in [0.1, 0.15) is 6.54 Å². The maximum atomic E-state index is 13.7. The lowest BCUT2D eigenvalue weighted by Gasteiger charge is -2.23. The number of aliphatic hydroxyl groups excluding tert-OH is 1. The van der Waals surface area contributed by atoms with Gasteiger partial charge < -0.3 is 19.9 Å². The number of anilines is 1. The third kappa shape index (κ3) is 8.69. The zero-order valence-corrected chi connectivity index (χ0v) is 24.2. The van der Waals surface area contributed by atoms with Crippen molar-refractivity contribution in [1.29, 1.82) is 0 Å². The van der Waals surface area contributed by atoms with Gasteiger partial charge in [-0.1, -0.05) is 76.3 Å². The molecule has 39 heavy (non-hydrogen) atoms. The Balaban J connectivity index is 1.79. The van der Waals surface area contributed by atoms with E-state index in [9.17, 15) is 9.59 Å². The van der Waals surface area contributed by atoms with Gasteiger partial charge in [-0.05, 0) is 49.8 Å². The maximum absolute atomic E-state index is 13.7. The molecular formula is C33H47N3O3. The fourth-order valence-electron chi connectivity index (χ4n) is 5.01. The zero-order chi connectivity index (χ0) is 28.0. The number of nitrogens with zero attached hydrogens (tertiary/aromatic N) is 2. The Bertz CT molecular complexity index is 1170. The van der Waals surface area contributed by atoms with E-state index in [1.807, 2.05) is 53.0 Å². The summed E-state index contributed by atoms with van der Waals surface area (Å²) >= 11 is 0. The summed E-state index contributed by atoms with van der Waals surface area (Å²) in [7, 11) is 1.87. The summed E-state index contributed by atoms with van der Waals surface area (Å²) in [6.45, 7) is 6.34. The number of hydrogen-bond acceptors (Lipinski definition) is 4. The summed E-state index contributed by atoms with van der Waals surface area (Å²) in [5.41, 5.74) is 4.37. The van der Waals surface area contributed by atoms with Crippen molar-refractivity contribution in [2.24, 2.45) is 0 Å². The fourth-order valence-corrected chi connectivity index (χ4v) is 5.01. The van der Waals surface area contributed by atoms with Crippen molar-refractivity contribution in [2.45, 2.75) is 84.6 Å². The zero-order valence-electron chi connectivity index (χ0n) is 24.2. The van der Waals surface area contributed by atoms with Crippen LogP contribution < -0.4 is 5.32 Å². The van der Waals surface area contributed by atoms with Gasteiger partial charge >= 0.3 is 0 Å². The molecule has 0 atom stereocenters. The van der Waals surface area contributed by atoms with E-state index in [2.05, 4.69) is 31.3 Å². The average Bonchev–Trinajstić information content (AvgIpc) is 3.32. The first-order chi connectivity index (χ1) is 19.0. The van der Waals surface area contributed by atoms with Crippen molar-refractivity contribution < 1.29 is 14.7 Å². The molecule has 0 saturated carbocycles. The first-order valence-electron chi connectivity index (χ1n) is 14.8. The van der Waals surface area contributed by atoms with Gasteiger partial charge in [-0.15, -0.1) is 0 Å². The van der Waals surface area contributed by atoms with Crippen LogP contribution in [0.25, 0.3) is 10.9 Å². The number of aryl methyl sites for hydroxylation is 1. The molecule has 1 amide bonds. The Morgan fingerprint density at radius 3 is 2.18 bits per heavy atom. The van der Waals surface area contributed by atoms with Gasteiger partial charge in [0, 0.05) is 55.1 Å². The highest BCUT2D eigenvalue weighted by Crippen LogP contribution is 2.27. The molecule has 212 valence electrons. The topological polar surface area (TPSA) is 74.6 Å². The van der Waals surface area contributed by atoms with Crippen LogP contribution in [0.15, 0.2) is 48.7 Å². The Hall–Kier alpha value is -3.12. The molecule has 6 heteroatoms. The van der Waals surface area contributed by atoms with Crippen molar-refractivity contribution in [3.63, 3.8) is 0 Å². The van der Waals surface area contributed by atoms with Crippen molar-refractivity contribution in [3.8, 4) is 0 Å². The van der Waals surface area contributed by atoms with E-state index in [1.165, 1.54) is 5.56 Å². The number of aliphatic hydroxyl groups is 1. The molecular weight excluding hydrogens is 486 g/mol. The van der Waals surface area contributed by atoms with E-state index in [0.717, 1.165) is 93.9 Å². The Morgan fingerprint density at radius 1 is 0.872 bits per heavy atom. The fraction of sp³-hybridized carbons (Fsp3) is 0.515. The number of amides is 1. The van der Waals surface area contributed by atoms with Crippen LogP contribution in [0.1, 0.15) is 93.1 Å². The highest BCUT2D eigenvalue weighted by Gasteiger charge is 2.20. The summed E-state index contributed by atoms with van der Waals surface area (Å²) < 4.78 is 1.95. The number of carbonyl (C=O) groups excluding carboxylic acids is 2. The largest absolute Gasteiger partial charge is 0.396 e. The number of fused-ring (bicyclic) bond motifs is 1. The summed E-state index contributed by atoms with van der Waals surface area (Å²) in [5, 5.41) is 13.0. The standard InChI is InChI=1S/C33H47N3O3/c1-4-6-20-35(21-7-5-2)32(38)25-36-24-30(29-19-18-28(34-3)23-31(29)36)33(39)27-16-14-26(15-17-27)13-11-9-8-10-12-22-37/h14-19,23-24,34,37H,4-13,20-22,25H2,1-3H3. The summed E-state index contributed by atoms with van der Waals surface area (Å²) in [6.07, 6.45) is 12.3. The second-order valence-electron chi connectivity index (χ2n) is 10.5. The van der Waals surface area contributed by atoms with Crippen LogP contribution >= 0.6 is 0 Å². The van der Waals surface area contributed by atoms with Gasteiger partial charge in [-0.3, -0.25) is 9.59 Å². The first-order valence-corrected chi connectivity index (χ1v) is 14.8. The normalized spacial score (nSPS) is 11.2. The molecule has 3 rings (SSSR count). The molecule has 0 spiro atoms. The minimum Gasteiger partial charge on any atom is -0.396 e. The second kappa shape index (κ2) is 16.1. The average molecular weight is 534 g/mol. The minimum atomic E-state index is -0.0206. The van der Waals surface area contributed by atoms with Gasteiger partial charge in [0.2, 0.25) is 5.91 Å².